The summed E-state index contributed by atoms with van der Waals surface area (Å²) in [5, 5.41) is 3.52. The molecule has 0 bridgehead atoms. The Hall–Kier alpha value is -2.12. The summed E-state index contributed by atoms with van der Waals surface area (Å²) in [6.07, 6.45) is -0.514. The van der Waals surface area contributed by atoms with Crippen molar-refractivity contribution >= 4 is 17.5 Å². The number of primary amides is 1. The molecule has 1 aromatic rings. The van der Waals surface area contributed by atoms with Crippen molar-refractivity contribution in [2.24, 2.45) is 17.6 Å². The number of halogens is 3. The number of nitrogens with one attached hydrogen (secondary N) is 1. The summed E-state index contributed by atoms with van der Waals surface area (Å²) in [5.41, 5.74) is 6.99. The first-order chi connectivity index (χ1) is 13.3. The van der Waals surface area contributed by atoms with E-state index < -0.39 is 18.2 Å². The summed E-state index contributed by atoms with van der Waals surface area (Å²) in [6.45, 7) is 1.27. The van der Waals surface area contributed by atoms with E-state index in [9.17, 15) is 18.0 Å². The van der Waals surface area contributed by atoms with E-state index in [1.54, 1.807) is 0 Å². The number of piperidine rings is 1. The van der Waals surface area contributed by atoms with Crippen LogP contribution in [0.4, 0.5) is 29.3 Å². The Kier molecular flexibility index (Phi) is 6.57. The molecule has 0 radical (unpaired) electrons. The fraction of sp³-hybridized carbons (Fsp3) is 0.650. The summed E-state index contributed by atoms with van der Waals surface area (Å²) in [4.78, 5) is 12.7. The molecule has 1 aliphatic carbocycles. The second-order valence-electron chi connectivity index (χ2n) is 7.84. The number of hydrogen-bond donors (Lipinski definition) is 2. The van der Waals surface area contributed by atoms with Crippen molar-refractivity contribution in [1.29, 1.82) is 0 Å². The van der Waals surface area contributed by atoms with Gasteiger partial charge in [0.2, 0.25) is 0 Å². The Balaban J connectivity index is 1.44. The molecular formula is C20H28F3N3O2. The molecule has 1 heterocycles. The zero-order valence-electron chi connectivity index (χ0n) is 15.9. The number of ether oxygens (including phenoxy) is 1. The van der Waals surface area contributed by atoms with Gasteiger partial charge in [0.15, 0.2) is 0 Å². The van der Waals surface area contributed by atoms with Crippen molar-refractivity contribution < 1.29 is 22.7 Å². The van der Waals surface area contributed by atoms with Crippen LogP contribution in [-0.4, -0.2) is 38.0 Å². The lowest BCUT2D eigenvalue weighted by Gasteiger charge is -2.34. The standard InChI is InChI=1S/C20H28F3N3O2/c21-20(22,23)15-9-11-26(12-10-15)18-7-5-17(6-8-18)25-16-3-1-14(2-4-16)13-28-19(24)27/h5-8,14-16,25H,1-4,9-13H2,(H2,24,27). The Bertz CT molecular complexity index is 635. The van der Waals surface area contributed by atoms with Crippen LogP contribution in [-0.2, 0) is 4.74 Å². The van der Waals surface area contributed by atoms with Crippen LogP contribution in [0.5, 0.6) is 0 Å². The highest BCUT2D eigenvalue weighted by atomic mass is 19.4. The summed E-state index contributed by atoms with van der Waals surface area (Å²) >= 11 is 0. The first-order valence-electron chi connectivity index (χ1n) is 9.92. The predicted molar refractivity (Wildman–Crippen MR) is 102 cm³/mol. The first kappa shape index (κ1) is 20.6. The third-order valence-electron chi connectivity index (χ3n) is 5.87. The quantitative estimate of drug-likeness (QED) is 0.763. The number of benzene rings is 1. The van der Waals surface area contributed by atoms with E-state index in [2.05, 4.69) is 5.32 Å². The van der Waals surface area contributed by atoms with E-state index in [0.717, 1.165) is 37.1 Å². The Morgan fingerprint density at radius 2 is 1.68 bits per heavy atom. The molecule has 3 N–H and O–H groups in total. The summed E-state index contributed by atoms with van der Waals surface area (Å²) < 4.78 is 43.3. The van der Waals surface area contributed by atoms with Gasteiger partial charge < -0.3 is 20.7 Å². The summed E-state index contributed by atoms with van der Waals surface area (Å²) in [6, 6.07) is 8.31. The second-order valence-corrected chi connectivity index (χ2v) is 7.84. The van der Waals surface area contributed by atoms with Gasteiger partial charge in [0.25, 0.3) is 0 Å². The van der Waals surface area contributed by atoms with Gasteiger partial charge in [-0.1, -0.05) is 0 Å². The molecule has 1 aliphatic heterocycles. The Morgan fingerprint density at radius 3 is 2.21 bits per heavy atom. The highest BCUT2D eigenvalue weighted by Gasteiger charge is 2.41. The van der Waals surface area contributed by atoms with Crippen LogP contribution >= 0.6 is 0 Å². The maximum Gasteiger partial charge on any atom is 0.404 e. The number of anilines is 2. The predicted octanol–water partition coefficient (Wildman–Crippen LogP) is 4.53. The fourth-order valence-corrected chi connectivity index (χ4v) is 4.14. The van der Waals surface area contributed by atoms with E-state index >= 15 is 0 Å². The van der Waals surface area contributed by atoms with Gasteiger partial charge in [-0.2, -0.15) is 13.2 Å². The molecule has 2 fully saturated rings. The minimum Gasteiger partial charge on any atom is -0.449 e. The molecule has 8 heteroatoms. The van der Waals surface area contributed by atoms with Crippen LogP contribution in [0.3, 0.4) is 0 Å². The van der Waals surface area contributed by atoms with Gasteiger partial charge >= 0.3 is 12.3 Å². The van der Waals surface area contributed by atoms with E-state index in [1.807, 2.05) is 29.2 Å². The van der Waals surface area contributed by atoms with Crippen molar-refractivity contribution in [2.45, 2.75) is 50.7 Å². The maximum atomic E-state index is 12.8. The lowest BCUT2D eigenvalue weighted by atomic mass is 9.86. The number of hydrogen-bond acceptors (Lipinski definition) is 4. The lowest BCUT2D eigenvalue weighted by Crippen LogP contribution is -2.39. The molecule has 1 aromatic carbocycles. The third kappa shape index (κ3) is 5.69. The molecule has 1 amide bonds. The molecule has 0 unspecified atom stereocenters. The highest BCUT2D eigenvalue weighted by molar-refractivity contribution is 5.64. The minimum absolute atomic E-state index is 0.159. The number of nitrogens with zero attached hydrogens (tertiary/aromatic N) is 1. The van der Waals surface area contributed by atoms with Gasteiger partial charge in [0, 0.05) is 30.5 Å². The summed E-state index contributed by atoms with van der Waals surface area (Å²) in [7, 11) is 0. The monoisotopic (exact) mass is 399 g/mol. The first-order valence-corrected chi connectivity index (χ1v) is 9.92. The molecule has 0 aromatic heterocycles. The van der Waals surface area contributed by atoms with Crippen LogP contribution in [0, 0.1) is 11.8 Å². The van der Waals surface area contributed by atoms with Crippen LogP contribution in [0.15, 0.2) is 24.3 Å². The van der Waals surface area contributed by atoms with Gasteiger partial charge in [0.1, 0.15) is 0 Å². The highest BCUT2D eigenvalue weighted by Crippen LogP contribution is 2.35. The zero-order valence-corrected chi connectivity index (χ0v) is 15.9. The minimum atomic E-state index is -4.08. The molecule has 1 saturated carbocycles. The number of alkyl halides is 3. The Morgan fingerprint density at radius 1 is 1.07 bits per heavy atom. The average Bonchev–Trinajstić information content (AvgIpc) is 2.67. The van der Waals surface area contributed by atoms with E-state index in [0.29, 0.717) is 31.7 Å². The molecule has 156 valence electrons. The van der Waals surface area contributed by atoms with Crippen molar-refractivity contribution in [3.8, 4) is 0 Å². The van der Waals surface area contributed by atoms with Crippen molar-refractivity contribution in [3.63, 3.8) is 0 Å². The van der Waals surface area contributed by atoms with Crippen LogP contribution < -0.4 is 16.0 Å². The molecule has 0 atom stereocenters. The average molecular weight is 399 g/mol. The summed E-state index contributed by atoms with van der Waals surface area (Å²) in [5.74, 6) is -0.805. The van der Waals surface area contributed by atoms with E-state index in [-0.39, 0.29) is 12.8 Å². The number of carbonyl (C=O) groups is 1. The van der Waals surface area contributed by atoms with Crippen molar-refractivity contribution in [2.75, 3.05) is 29.9 Å². The SMILES string of the molecule is NC(=O)OCC1CCC(Nc2ccc(N3CCC(C(F)(F)F)CC3)cc2)CC1. The Labute approximate surface area is 163 Å². The van der Waals surface area contributed by atoms with Crippen molar-refractivity contribution in [3.05, 3.63) is 24.3 Å². The molecule has 28 heavy (non-hydrogen) atoms. The van der Waals surface area contributed by atoms with Crippen molar-refractivity contribution in [1.82, 2.24) is 0 Å². The van der Waals surface area contributed by atoms with Crippen LogP contribution in [0.25, 0.3) is 0 Å². The smallest absolute Gasteiger partial charge is 0.404 e. The number of carbonyl (C=O) groups excluding carboxylic acids is 1. The zero-order chi connectivity index (χ0) is 20.1. The van der Waals surface area contributed by atoms with Gasteiger partial charge in [-0.15, -0.1) is 0 Å². The molecular weight excluding hydrogens is 371 g/mol. The second kappa shape index (κ2) is 8.92. The molecule has 0 spiro atoms. The normalized spacial score (nSPS) is 24.0. The number of nitrogens with two attached hydrogens (primary N) is 1. The molecule has 1 saturated heterocycles. The maximum absolute atomic E-state index is 12.8. The molecule has 2 aliphatic rings. The largest absolute Gasteiger partial charge is 0.449 e. The lowest BCUT2D eigenvalue weighted by molar-refractivity contribution is -0.179. The van der Waals surface area contributed by atoms with Gasteiger partial charge in [0.05, 0.1) is 12.5 Å². The molecule has 3 rings (SSSR count). The van der Waals surface area contributed by atoms with Crippen LogP contribution in [0.1, 0.15) is 38.5 Å². The van der Waals surface area contributed by atoms with E-state index in [1.165, 1.54) is 0 Å². The van der Waals surface area contributed by atoms with Gasteiger partial charge in [-0.05, 0) is 68.7 Å². The van der Waals surface area contributed by atoms with Gasteiger partial charge in [-0.25, -0.2) is 4.79 Å². The fourth-order valence-electron chi connectivity index (χ4n) is 4.14. The van der Waals surface area contributed by atoms with E-state index in [4.69, 9.17) is 10.5 Å². The third-order valence-corrected chi connectivity index (χ3v) is 5.87. The number of rotatable bonds is 5. The van der Waals surface area contributed by atoms with Crippen LogP contribution in [0.2, 0.25) is 0 Å². The topological polar surface area (TPSA) is 67.6 Å². The molecule has 5 nitrogen and oxygen atoms in total. The number of amides is 1. The van der Waals surface area contributed by atoms with Gasteiger partial charge in [-0.3, -0.25) is 0 Å².